The minimum Gasteiger partial charge on any atom is -0.399 e. The van der Waals surface area contributed by atoms with Crippen molar-refractivity contribution in [2.45, 2.75) is 25.7 Å². The van der Waals surface area contributed by atoms with E-state index < -0.39 is 11.7 Å². The summed E-state index contributed by atoms with van der Waals surface area (Å²) in [6.45, 7) is 2.44. The summed E-state index contributed by atoms with van der Waals surface area (Å²) in [5.41, 5.74) is 9.79. The van der Waals surface area contributed by atoms with Gasteiger partial charge in [0.1, 0.15) is 0 Å². The summed E-state index contributed by atoms with van der Waals surface area (Å²) in [7, 11) is 0. The predicted molar refractivity (Wildman–Crippen MR) is 124 cm³/mol. The Morgan fingerprint density at radius 1 is 0.939 bits per heavy atom. The first-order valence-corrected chi connectivity index (χ1v) is 11.4. The van der Waals surface area contributed by atoms with E-state index in [-0.39, 0.29) is 0 Å². The largest absolute Gasteiger partial charge is 0.416 e. The molecule has 0 unspecified atom stereocenters. The molecule has 2 N–H and O–H groups in total. The fourth-order valence-electron chi connectivity index (χ4n) is 3.94. The van der Waals surface area contributed by atoms with Gasteiger partial charge in [0.25, 0.3) is 0 Å². The maximum atomic E-state index is 12.8. The van der Waals surface area contributed by atoms with E-state index in [1.165, 1.54) is 17.0 Å². The summed E-state index contributed by atoms with van der Waals surface area (Å²) >= 11 is 1.61. The van der Waals surface area contributed by atoms with Crippen molar-refractivity contribution in [1.29, 1.82) is 0 Å². The normalized spacial score (nSPS) is 14.3. The summed E-state index contributed by atoms with van der Waals surface area (Å²) in [6.07, 6.45) is -1.57. The van der Waals surface area contributed by atoms with Gasteiger partial charge < -0.3 is 5.73 Å². The molecule has 168 valence electrons. The van der Waals surface area contributed by atoms with Crippen LogP contribution in [0.1, 0.15) is 21.7 Å². The summed E-state index contributed by atoms with van der Waals surface area (Å²) in [6, 6.07) is 16.9. The monoisotopic (exact) mass is 466 g/mol. The van der Waals surface area contributed by atoms with Gasteiger partial charge in [0.2, 0.25) is 0 Å². The Bertz CT molecular complexity index is 1260. The van der Waals surface area contributed by atoms with Crippen molar-refractivity contribution in [2.24, 2.45) is 0 Å². The molecular weight excluding hydrogens is 445 g/mol. The predicted octanol–water partition coefficient (Wildman–Crippen LogP) is 6.03. The van der Waals surface area contributed by atoms with Gasteiger partial charge >= 0.3 is 6.18 Å². The Kier molecular flexibility index (Phi) is 5.64. The lowest BCUT2D eigenvalue weighted by atomic mass is 10.1. The van der Waals surface area contributed by atoms with Gasteiger partial charge in [0.05, 0.1) is 11.3 Å². The SMILES string of the molecule is Nc1ccc(-c2ncc3c(n2)CCN(Cc2ccc(-c4ccc(C(F)(F)F)cc4)s2)C3)cc1. The molecule has 0 fully saturated rings. The molecule has 1 aliphatic heterocycles. The number of nitrogens with two attached hydrogens (primary N) is 1. The molecule has 0 bridgehead atoms. The summed E-state index contributed by atoms with van der Waals surface area (Å²) < 4.78 is 38.4. The highest BCUT2D eigenvalue weighted by atomic mass is 32.1. The Morgan fingerprint density at radius 2 is 1.67 bits per heavy atom. The van der Waals surface area contributed by atoms with Crippen LogP contribution in [0.4, 0.5) is 18.9 Å². The third kappa shape index (κ3) is 4.77. The topological polar surface area (TPSA) is 55.0 Å². The molecular formula is C25H21F3N4S. The molecule has 0 radical (unpaired) electrons. The van der Waals surface area contributed by atoms with Crippen LogP contribution in [-0.2, 0) is 25.7 Å². The lowest BCUT2D eigenvalue weighted by Crippen LogP contribution is -2.30. The number of aromatic nitrogens is 2. The molecule has 4 aromatic rings. The molecule has 0 saturated heterocycles. The Balaban J connectivity index is 1.26. The zero-order chi connectivity index (χ0) is 23.0. The molecule has 5 rings (SSSR count). The highest BCUT2D eigenvalue weighted by Gasteiger charge is 2.30. The molecule has 1 aliphatic rings. The molecule has 0 aliphatic carbocycles. The Morgan fingerprint density at radius 3 is 2.39 bits per heavy atom. The maximum absolute atomic E-state index is 12.8. The molecule has 3 heterocycles. The number of benzene rings is 2. The average molecular weight is 467 g/mol. The van der Waals surface area contributed by atoms with Crippen LogP contribution in [0, 0.1) is 0 Å². The Hall–Kier alpha value is -3.23. The van der Waals surface area contributed by atoms with Crippen molar-refractivity contribution in [3.63, 3.8) is 0 Å². The van der Waals surface area contributed by atoms with Gasteiger partial charge in [0, 0.05) is 58.8 Å². The highest BCUT2D eigenvalue weighted by molar-refractivity contribution is 7.15. The number of thiophene rings is 1. The number of nitrogens with zero attached hydrogens (tertiary/aromatic N) is 3. The van der Waals surface area contributed by atoms with Gasteiger partial charge in [-0.3, -0.25) is 4.90 Å². The Labute approximate surface area is 193 Å². The fraction of sp³-hybridized carbons (Fsp3) is 0.200. The number of hydrogen-bond acceptors (Lipinski definition) is 5. The molecule has 33 heavy (non-hydrogen) atoms. The third-order valence-corrected chi connectivity index (χ3v) is 6.84. The molecule has 2 aromatic heterocycles. The van der Waals surface area contributed by atoms with Crippen LogP contribution < -0.4 is 5.73 Å². The molecule has 8 heteroatoms. The molecule has 0 saturated carbocycles. The van der Waals surface area contributed by atoms with Gasteiger partial charge in [-0.1, -0.05) is 12.1 Å². The van der Waals surface area contributed by atoms with Crippen LogP contribution in [-0.4, -0.2) is 21.4 Å². The number of nitrogen functional groups attached to an aromatic ring is 1. The van der Waals surface area contributed by atoms with Crippen LogP contribution in [0.25, 0.3) is 21.8 Å². The van der Waals surface area contributed by atoms with Crippen LogP contribution >= 0.6 is 11.3 Å². The summed E-state index contributed by atoms with van der Waals surface area (Å²) in [5.74, 6) is 0.710. The molecule has 0 atom stereocenters. The highest BCUT2D eigenvalue weighted by Crippen LogP contribution is 2.34. The number of fused-ring (bicyclic) bond motifs is 1. The number of anilines is 1. The fourth-order valence-corrected chi connectivity index (χ4v) is 5.00. The minimum absolute atomic E-state index is 0.628. The number of rotatable bonds is 4. The van der Waals surface area contributed by atoms with Crippen molar-refractivity contribution in [3.8, 4) is 21.8 Å². The quantitative estimate of drug-likeness (QED) is 0.373. The summed E-state index contributed by atoms with van der Waals surface area (Å²) in [5, 5.41) is 0. The van der Waals surface area contributed by atoms with E-state index in [0.717, 1.165) is 65.4 Å². The number of hydrogen-bond donors (Lipinski definition) is 1. The first-order valence-electron chi connectivity index (χ1n) is 10.5. The lowest BCUT2D eigenvalue weighted by molar-refractivity contribution is -0.137. The smallest absolute Gasteiger partial charge is 0.399 e. The van der Waals surface area contributed by atoms with Crippen molar-refractivity contribution >= 4 is 17.0 Å². The maximum Gasteiger partial charge on any atom is 0.416 e. The van der Waals surface area contributed by atoms with E-state index in [9.17, 15) is 13.2 Å². The van der Waals surface area contributed by atoms with Crippen molar-refractivity contribution in [2.75, 3.05) is 12.3 Å². The second-order valence-corrected chi connectivity index (χ2v) is 9.26. The van der Waals surface area contributed by atoms with Crippen molar-refractivity contribution < 1.29 is 13.2 Å². The van der Waals surface area contributed by atoms with Crippen LogP contribution in [0.3, 0.4) is 0 Å². The number of halogens is 3. The van der Waals surface area contributed by atoms with Crippen LogP contribution in [0.2, 0.25) is 0 Å². The first-order chi connectivity index (χ1) is 15.8. The van der Waals surface area contributed by atoms with Crippen LogP contribution in [0.5, 0.6) is 0 Å². The summed E-state index contributed by atoms with van der Waals surface area (Å²) in [4.78, 5) is 13.8. The van der Waals surface area contributed by atoms with Gasteiger partial charge in [-0.15, -0.1) is 11.3 Å². The molecule has 4 nitrogen and oxygen atoms in total. The second kappa shape index (κ2) is 8.61. The lowest BCUT2D eigenvalue weighted by Gasteiger charge is -2.27. The molecule has 0 spiro atoms. The number of alkyl halides is 3. The first kappa shape index (κ1) is 21.6. The van der Waals surface area contributed by atoms with Crippen molar-refractivity contribution in [1.82, 2.24) is 14.9 Å². The average Bonchev–Trinajstić information content (AvgIpc) is 3.27. The minimum atomic E-state index is -4.32. The zero-order valence-corrected chi connectivity index (χ0v) is 18.5. The van der Waals surface area contributed by atoms with E-state index in [4.69, 9.17) is 10.7 Å². The molecule has 0 amide bonds. The van der Waals surface area contributed by atoms with Gasteiger partial charge in [0.15, 0.2) is 5.82 Å². The second-order valence-electron chi connectivity index (χ2n) is 8.09. The van der Waals surface area contributed by atoms with Gasteiger partial charge in [-0.2, -0.15) is 13.2 Å². The van der Waals surface area contributed by atoms with E-state index >= 15 is 0 Å². The van der Waals surface area contributed by atoms with Crippen LogP contribution in [0.15, 0.2) is 66.9 Å². The zero-order valence-electron chi connectivity index (χ0n) is 17.6. The van der Waals surface area contributed by atoms with E-state index in [2.05, 4.69) is 9.88 Å². The van der Waals surface area contributed by atoms with E-state index in [1.54, 1.807) is 11.3 Å². The third-order valence-electron chi connectivity index (χ3n) is 5.72. The van der Waals surface area contributed by atoms with E-state index in [0.29, 0.717) is 11.5 Å². The standard InChI is InChI=1S/C25H21F3N4S/c26-25(27,28)19-5-1-16(2-6-19)23-10-9-21(33-23)15-32-12-11-22-18(14-32)13-30-24(31-22)17-3-7-20(29)8-4-17/h1-10,13H,11-12,14-15,29H2. The van der Waals surface area contributed by atoms with E-state index in [1.807, 2.05) is 42.6 Å². The van der Waals surface area contributed by atoms with Gasteiger partial charge in [-0.25, -0.2) is 9.97 Å². The van der Waals surface area contributed by atoms with Gasteiger partial charge in [-0.05, 0) is 54.1 Å². The van der Waals surface area contributed by atoms with Crippen molar-refractivity contribution in [3.05, 3.63) is 88.6 Å². The molecule has 2 aromatic carbocycles.